The van der Waals surface area contributed by atoms with Gasteiger partial charge in [0.1, 0.15) is 0 Å². The molecular formula is C12H17Br2NOS. The molecule has 1 saturated heterocycles. The second kappa shape index (κ2) is 5.70. The van der Waals surface area contributed by atoms with Crippen molar-refractivity contribution in [3.05, 3.63) is 20.8 Å². The SMILES string of the molecule is CC1(C)CN(Cc2sccc2Br)CC(CBr)O1. The van der Waals surface area contributed by atoms with Crippen molar-refractivity contribution in [1.82, 2.24) is 4.90 Å². The molecule has 0 bridgehead atoms. The average Bonchev–Trinajstić information content (AvgIpc) is 2.62. The number of nitrogens with zero attached hydrogens (tertiary/aromatic N) is 1. The highest BCUT2D eigenvalue weighted by molar-refractivity contribution is 9.10. The molecule has 0 saturated carbocycles. The van der Waals surface area contributed by atoms with Crippen molar-refractivity contribution >= 4 is 43.2 Å². The summed E-state index contributed by atoms with van der Waals surface area (Å²) in [5.41, 5.74) is -0.0551. The topological polar surface area (TPSA) is 12.5 Å². The van der Waals surface area contributed by atoms with Gasteiger partial charge in [-0.1, -0.05) is 15.9 Å². The van der Waals surface area contributed by atoms with E-state index in [1.165, 1.54) is 9.35 Å². The van der Waals surface area contributed by atoms with E-state index in [1.54, 1.807) is 0 Å². The molecule has 1 aromatic heterocycles. The van der Waals surface area contributed by atoms with Crippen molar-refractivity contribution in [1.29, 1.82) is 0 Å². The fourth-order valence-corrected chi connectivity index (χ4v) is 4.11. The summed E-state index contributed by atoms with van der Waals surface area (Å²) >= 11 is 8.93. The van der Waals surface area contributed by atoms with Gasteiger partial charge in [0.25, 0.3) is 0 Å². The number of rotatable bonds is 3. The fraction of sp³-hybridized carbons (Fsp3) is 0.667. The third kappa shape index (κ3) is 3.77. The zero-order valence-electron chi connectivity index (χ0n) is 10.1. The van der Waals surface area contributed by atoms with Crippen LogP contribution in [0.15, 0.2) is 15.9 Å². The van der Waals surface area contributed by atoms with E-state index in [1.807, 2.05) is 11.3 Å². The normalized spacial score (nSPS) is 25.1. The molecule has 0 aliphatic carbocycles. The number of thiophene rings is 1. The standard InChI is InChI=1S/C12H17Br2NOS/c1-12(2)8-15(6-9(5-13)16-12)7-11-10(14)3-4-17-11/h3-4,9H,5-8H2,1-2H3. The number of ether oxygens (including phenoxy) is 1. The van der Waals surface area contributed by atoms with Crippen LogP contribution in [-0.2, 0) is 11.3 Å². The molecule has 1 atom stereocenters. The van der Waals surface area contributed by atoms with E-state index in [9.17, 15) is 0 Å². The molecule has 1 aliphatic heterocycles. The van der Waals surface area contributed by atoms with Crippen LogP contribution in [0.2, 0.25) is 0 Å². The molecule has 96 valence electrons. The summed E-state index contributed by atoms with van der Waals surface area (Å²) in [6.07, 6.45) is 0.289. The van der Waals surface area contributed by atoms with Gasteiger partial charge in [0.15, 0.2) is 0 Å². The lowest BCUT2D eigenvalue weighted by Crippen LogP contribution is -2.52. The Balaban J connectivity index is 2.03. The first-order valence-corrected chi connectivity index (χ1v) is 8.47. The van der Waals surface area contributed by atoms with E-state index < -0.39 is 0 Å². The Kier molecular flexibility index (Phi) is 4.69. The highest BCUT2D eigenvalue weighted by Gasteiger charge is 2.32. The second-order valence-electron chi connectivity index (χ2n) is 5.02. The molecule has 2 heterocycles. The van der Waals surface area contributed by atoms with Crippen LogP contribution in [-0.4, -0.2) is 35.0 Å². The highest BCUT2D eigenvalue weighted by atomic mass is 79.9. The molecule has 1 aliphatic rings. The number of morpholine rings is 1. The zero-order valence-corrected chi connectivity index (χ0v) is 14.1. The van der Waals surface area contributed by atoms with Gasteiger partial charge in [-0.15, -0.1) is 11.3 Å². The van der Waals surface area contributed by atoms with Crippen LogP contribution in [0.25, 0.3) is 0 Å². The molecule has 0 amide bonds. The first-order chi connectivity index (χ1) is 8.00. The summed E-state index contributed by atoms with van der Waals surface area (Å²) in [6, 6.07) is 2.12. The van der Waals surface area contributed by atoms with Crippen molar-refractivity contribution < 1.29 is 4.74 Å². The van der Waals surface area contributed by atoms with E-state index in [0.29, 0.717) is 0 Å². The zero-order chi connectivity index (χ0) is 12.5. The van der Waals surface area contributed by atoms with Gasteiger partial charge in [0, 0.05) is 34.3 Å². The van der Waals surface area contributed by atoms with Crippen molar-refractivity contribution in [2.45, 2.75) is 32.1 Å². The van der Waals surface area contributed by atoms with Crippen LogP contribution >= 0.6 is 43.2 Å². The fourth-order valence-electron chi connectivity index (χ4n) is 2.26. The van der Waals surface area contributed by atoms with Gasteiger partial charge in [-0.25, -0.2) is 0 Å². The van der Waals surface area contributed by atoms with E-state index in [-0.39, 0.29) is 11.7 Å². The van der Waals surface area contributed by atoms with Crippen molar-refractivity contribution in [3.63, 3.8) is 0 Å². The average molecular weight is 383 g/mol. The van der Waals surface area contributed by atoms with Gasteiger partial charge >= 0.3 is 0 Å². The summed E-state index contributed by atoms with van der Waals surface area (Å²) in [6.45, 7) is 7.32. The lowest BCUT2D eigenvalue weighted by atomic mass is 10.1. The second-order valence-corrected chi connectivity index (χ2v) is 7.52. The number of hydrogen-bond acceptors (Lipinski definition) is 3. The number of halogens is 2. The Morgan fingerprint density at radius 2 is 2.35 bits per heavy atom. The summed E-state index contributed by atoms with van der Waals surface area (Å²) in [5.74, 6) is 0. The summed E-state index contributed by atoms with van der Waals surface area (Å²) in [5, 5.41) is 3.03. The Morgan fingerprint density at radius 1 is 1.59 bits per heavy atom. The van der Waals surface area contributed by atoms with E-state index in [0.717, 1.165) is 25.0 Å². The van der Waals surface area contributed by atoms with Gasteiger partial charge in [-0.3, -0.25) is 4.90 Å². The molecule has 2 nitrogen and oxygen atoms in total. The molecule has 17 heavy (non-hydrogen) atoms. The Bertz CT molecular complexity index is 380. The summed E-state index contributed by atoms with van der Waals surface area (Å²) in [4.78, 5) is 3.88. The monoisotopic (exact) mass is 381 g/mol. The van der Waals surface area contributed by atoms with Crippen molar-refractivity contribution in [2.24, 2.45) is 0 Å². The van der Waals surface area contributed by atoms with Gasteiger partial charge in [-0.2, -0.15) is 0 Å². The van der Waals surface area contributed by atoms with Crippen molar-refractivity contribution in [3.8, 4) is 0 Å². The summed E-state index contributed by atoms with van der Waals surface area (Å²) in [7, 11) is 0. The largest absolute Gasteiger partial charge is 0.369 e. The lowest BCUT2D eigenvalue weighted by molar-refractivity contribution is -0.128. The van der Waals surface area contributed by atoms with Gasteiger partial charge in [0.05, 0.1) is 11.7 Å². The molecule has 0 radical (unpaired) electrons. The molecular weight excluding hydrogens is 366 g/mol. The van der Waals surface area contributed by atoms with Crippen molar-refractivity contribution in [2.75, 3.05) is 18.4 Å². The molecule has 0 spiro atoms. The Labute approximate surface area is 124 Å². The van der Waals surface area contributed by atoms with Gasteiger partial charge in [-0.05, 0) is 41.2 Å². The molecule has 1 aromatic rings. The molecule has 1 fully saturated rings. The van der Waals surface area contributed by atoms with Crippen LogP contribution in [0.4, 0.5) is 0 Å². The molecule has 2 rings (SSSR count). The van der Waals surface area contributed by atoms with Crippen LogP contribution in [0.1, 0.15) is 18.7 Å². The number of alkyl halides is 1. The minimum Gasteiger partial charge on any atom is -0.369 e. The Morgan fingerprint density at radius 3 is 2.94 bits per heavy atom. The first kappa shape index (κ1) is 14.0. The smallest absolute Gasteiger partial charge is 0.0806 e. The van der Waals surface area contributed by atoms with Gasteiger partial charge in [0.2, 0.25) is 0 Å². The quantitative estimate of drug-likeness (QED) is 0.735. The minimum atomic E-state index is -0.0551. The lowest BCUT2D eigenvalue weighted by Gasteiger charge is -2.42. The van der Waals surface area contributed by atoms with Crippen LogP contribution in [0.5, 0.6) is 0 Å². The maximum Gasteiger partial charge on any atom is 0.0806 e. The Hall–Kier alpha value is 0.580. The third-order valence-electron chi connectivity index (χ3n) is 2.78. The minimum absolute atomic E-state index is 0.0551. The highest BCUT2D eigenvalue weighted by Crippen LogP contribution is 2.28. The third-order valence-corrected chi connectivity index (χ3v) is 5.42. The molecule has 0 aromatic carbocycles. The molecule has 5 heteroatoms. The first-order valence-electron chi connectivity index (χ1n) is 5.68. The van der Waals surface area contributed by atoms with E-state index >= 15 is 0 Å². The van der Waals surface area contributed by atoms with Crippen LogP contribution in [0, 0.1) is 0 Å². The maximum atomic E-state index is 6.01. The number of hydrogen-bond donors (Lipinski definition) is 0. The predicted molar refractivity (Wildman–Crippen MR) is 80.0 cm³/mol. The molecule has 0 N–H and O–H groups in total. The van der Waals surface area contributed by atoms with E-state index in [2.05, 4.69) is 62.1 Å². The van der Waals surface area contributed by atoms with E-state index in [4.69, 9.17) is 4.74 Å². The van der Waals surface area contributed by atoms with Crippen LogP contribution in [0.3, 0.4) is 0 Å². The molecule has 1 unspecified atom stereocenters. The maximum absolute atomic E-state index is 6.01. The predicted octanol–water partition coefficient (Wildman–Crippen LogP) is 3.88. The van der Waals surface area contributed by atoms with Gasteiger partial charge < -0.3 is 4.74 Å². The summed E-state index contributed by atoms with van der Waals surface area (Å²) < 4.78 is 7.23. The van der Waals surface area contributed by atoms with Crippen LogP contribution < -0.4 is 0 Å².